The summed E-state index contributed by atoms with van der Waals surface area (Å²) in [5, 5.41) is 4.47. The minimum Gasteiger partial charge on any atom is -0.439 e. The molecular formula is C19H23N3O2. The lowest BCUT2D eigenvalue weighted by atomic mass is 10.3. The Bertz CT molecular complexity index is 752. The number of hydrogen-bond acceptors (Lipinski definition) is 4. The van der Waals surface area contributed by atoms with E-state index in [1.807, 2.05) is 74.0 Å². The van der Waals surface area contributed by atoms with Gasteiger partial charge in [-0.15, -0.1) is 0 Å². The third kappa shape index (κ3) is 4.93. The smallest absolute Gasteiger partial charge is 0.219 e. The van der Waals surface area contributed by atoms with E-state index in [1.165, 1.54) is 0 Å². The van der Waals surface area contributed by atoms with Crippen molar-refractivity contribution in [3.8, 4) is 17.3 Å². The quantitative estimate of drug-likeness (QED) is 0.716. The molecule has 0 N–H and O–H groups in total. The van der Waals surface area contributed by atoms with Gasteiger partial charge in [-0.2, -0.15) is 5.10 Å². The van der Waals surface area contributed by atoms with Crippen molar-refractivity contribution in [2.75, 3.05) is 13.7 Å². The SMILES string of the molecule is CCOC.Cc1cc(C)n(-c2cccc(Oc3ccccn3)c2)n1. The first-order valence-corrected chi connectivity index (χ1v) is 7.85. The van der Waals surface area contributed by atoms with E-state index in [1.54, 1.807) is 13.3 Å². The predicted octanol–water partition coefficient (Wildman–Crippen LogP) is 4.33. The van der Waals surface area contributed by atoms with E-state index in [9.17, 15) is 0 Å². The standard InChI is InChI=1S/C16H15N3O.C3H8O/c1-12-10-13(2)19(18-12)14-6-5-7-15(11-14)20-16-8-3-4-9-17-16;1-3-4-2/h3-11H,1-2H3;3H2,1-2H3. The number of rotatable bonds is 4. The number of hydrogen-bond donors (Lipinski definition) is 0. The monoisotopic (exact) mass is 325 g/mol. The van der Waals surface area contributed by atoms with Gasteiger partial charge in [0.15, 0.2) is 0 Å². The third-order valence-electron chi connectivity index (χ3n) is 3.22. The zero-order chi connectivity index (χ0) is 17.4. The third-order valence-corrected chi connectivity index (χ3v) is 3.22. The summed E-state index contributed by atoms with van der Waals surface area (Å²) in [5.74, 6) is 1.33. The molecule has 2 aromatic heterocycles. The van der Waals surface area contributed by atoms with E-state index in [0.717, 1.165) is 29.4 Å². The number of pyridine rings is 1. The molecule has 2 heterocycles. The molecule has 0 amide bonds. The molecule has 0 radical (unpaired) electrons. The Balaban J connectivity index is 0.000000471. The van der Waals surface area contributed by atoms with Gasteiger partial charge in [0.1, 0.15) is 5.75 Å². The minimum absolute atomic E-state index is 0.581. The molecule has 0 saturated carbocycles. The van der Waals surface area contributed by atoms with Crippen molar-refractivity contribution in [2.24, 2.45) is 0 Å². The van der Waals surface area contributed by atoms with Crippen molar-refractivity contribution in [3.63, 3.8) is 0 Å². The van der Waals surface area contributed by atoms with Crippen LogP contribution in [0.5, 0.6) is 11.6 Å². The highest BCUT2D eigenvalue weighted by atomic mass is 16.5. The van der Waals surface area contributed by atoms with E-state index in [2.05, 4.69) is 14.8 Å². The first kappa shape index (κ1) is 17.7. The van der Waals surface area contributed by atoms with Gasteiger partial charge in [-0.1, -0.05) is 12.1 Å². The molecule has 0 aliphatic rings. The molecule has 0 aliphatic heterocycles. The average Bonchev–Trinajstić information content (AvgIpc) is 2.95. The highest BCUT2D eigenvalue weighted by Gasteiger charge is 2.05. The normalized spacial score (nSPS) is 10.0. The molecule has 3 aromatic rings. The van der Waals surface area contributed by atoms with Crippen LogP contribution in [0.15, 0.2) is 54.7 Å². The summed E-state index contributed by atoms with van der Waals surface area (Å²) in [5.41, 5.74) is 3.07. The molecule has 0 fully saturated rings. The highest BCUT2D eigenvalue weighted by Crippen LogP contribution is 2.22. The molecule has 5 nitrogen and oxygen atoms in total. The maximum atomic E-state index is 5.73. The number of benzene rings is 1. The zero-order valence-electron chi connectivity index (χ0n) is 14.6. The van der Waals surface area contributed by atoms with Gasteiger partial charge < -0.3 is 9.47 Å². The van der Waals surface area contributed by atoms with Gasteiger partial charge in [-0.05, 0) is 45.0 Å². The summed E-state index contributed by atoms with van der Waals surface area (Å²) >= 11 is 0. The van der Waals surface area contributed by atoms with Crippen LogP contribution < -0.4 is 4.74 Å². The Morgan fingerprint density at radius 3 is 2.42 bits per heavy atom. The van der Waals surface area contributed by atoms with Crippen molar-refractivity contribution in [2.45, 2.75) is 20.8 Å². The van der Waals surface area contributed by atoms with E-state index in [4.69, 9.17) is 4.74 Å². The Hall–Kier alpha value is -2.66. The van der Waals surface area contributed by atoms with Crippen LogP contribution in [-0.2, 0) is 4.74 Å². The van der Waals surface area contributed by atoms with Gasteiger partial charge in [-0.3, -0.25) is 0 Å². The molecule has 0 saturated heterocycles. The van der Waals surface area contributed by atoms with E-state index in [-0.39, 0.29) is 0 Å². The predicted molar refractivity (Wildman–Crippen MR) is 94.9 cm³/mol. The van der Waals surface area contributed by atoms with Crippen molar-refractivity contribution in [3.05, 3.63) is 66.1 Å². The Morgan fingerprint density at radius 1 is 1.04 bits per heavy atom. The Morgan fingerprint density at radius 2 is 1.83 bits per heavy atom. The zero-order valence-corrected chi connectivity index (χ0v) is 14.6. The summed E-state index contributed by atoms with van der Waals surface area (Å²) in [4.78, 5) is 4.15. The van der Waals surface area contributed by atoms with Crippen LogP contribution in [0.4, 0.5) is 0 Å². The molecule has 0 aliphatic carbocycles. The summed E-state index contributed by atoms with van der Waals surface area (Å²) in [7, 11) is 1.68. The van der Waals surface area contributed by atoms with E-state index in [0.29, 0.717) is 5.88 Å². The van der Waals surface area contributed by atoms with Gasteiger partial charge in [0.25, 0.3) is 0 Å². The van der Waals surface area contributed by atoms with Crippen molar-refractivity contribution in [1.29, 1.82) is 0 Å². The van der Waals surface area contributed by atoms with Crippen LogP contribution in [0.2, 0.25) is 0 Å². The molecule has 5 heteroatoms. The van der Waals surface area contributed by atoms with Crippen LogP contribution in [0, 0.1) is 13.8 Å². The number of aryl methyl sites for hydroxylation is 2. The minimum atomic E-state index is 0.581. The average molecular weight is 325 g/mol. The highest BCUT2D eigenvalue weighted by molar-refractivity contribution is 5.41. The summed E-state index contributed by atoms with van der Waals surface area (Å²) in [6.45, 7) is 6.80. The summed E-state index contributed by atoms with van der Waals surface area (Å²) in [6, 6.07) is 15.4. The van der Waals surface area contributed by atoms with Gasteiger partial charge in [0.05, 0.1) is 11.4 Å². The van der Waals surface area contributed by atoms with Gasteiger partial charge >= 0.3 is 0 Å². The molecule has 0 spiro atoms. The fourth-order valence-corrected chi connectivity index (χ4v) is 2.10. The van der Waals surface area contributed by atoms with Crippen LogP contribution >= 0.6 is 0 Å². The van der Waals surface area contributed by atoms with E-state index < -0.39 is 0 Å². The largest absolute Gasteiger partial charge is 0.439 e. The maximum absolute atomic E-state index is 5.73. The molecule has 0 atom stereocenters. The molecule has 3 rings (SSSR count). The summed E-state index contributed by atoms with van der Waals surface area (Å²) in [6.07, 6.45) is 1.71. The molecule has 0 unspecified atom stereocenters. The molecule has 1 aromatic carbocycles. The van der Waals surface area contributed by atoms with Crippen LogP contribution in [0.25, 0.3) is 5.69 Å². The van der Waals surface area contributed by atoms with Crippen LogP contribution in [0.1, 0.15) is 18.3 Å². The van der Waals surface area contributed by atoms with E-state index >= 15 is 0 Å². The summed E-state index contributed by atoms with van der Waals surface area (Å²) < 4.78 is 12.2. The maximum Gasteiger partial charge on any atom is 0.219 e. The van der Waals surface area contributed by atoms with Crippen molar-refractivity contribution in [1.82, 2.24) is 14.8 Å². The van der Waals surface area contributed by atoms with Gasteiger partial charge in [-0.25, -0.2) is 9.67 Å². The lowest BCUT2D eigenvalue weighted by molar-refractivity contribution is 0.215. The lowest BCUT2D eigenvalue weighted by Crippen LogP contribution is -1.99. The fraction of sp³-hybridized carbons (Fsp3) is 0.263. The van der Waals surface area contributed by atoms with Crippen LogP contribution in [-0.4, -0.2) is 28.5 Å². The molecule has 126 valence electrons. The van der Waals surface area contributed by atoms with Crippen molar-refractivity contribution < 1.29 is 9.47 Å². The van der Waals surface area contributed by atoms with Gasteiger partial charge in [0, 0.05) is 37.7 Å². The molecule has 0 bridgehead atoms. The van der Waals surface area contributed by atoms with Crippen molar-refractivity contribution >= 4 is 0 Å². The fourth-order valence-electron chi connectivity index (χ4n) is 2.10. The number of methoxy groups -OCH3 is 1. The second-order valence-corrected chi connectivity index (χ2v) is 5.18. The number of nitrogens with zero attached hydrogens (tertiary/aromatic N) is 3. The number of ether oxygens (including phenoxy) is 2. The Labute approximate surface area is 142 Å². The first-order chi connectivity index (χ1) is 11.6. The van der Waals surface area contributed by atoms with Crippen LogP contribution in [0.3, 0.4) is 0 Å². The molecular weight excluding hydrogens is 302 g/mol. The van der Waals surface area contributed by atoms with Gasteiger partial charge in [0.2, 0.25) is 5.88 Å². The Kier molecular flexibility index (Phi) is 6.51. The second-order valence-electron chi connectivity index (χ2n) is 5.18. The molecule has 24 heavy (non-hydrogen) atoms. The first-order valence-electron chi connectivity index (χ1n) is 7.85. The second kappa shape index (κ2) is 8.84. The topological polar surface area (TPSA) is 49.2 Å². The number of aromatic nitrogens is 3. The lowest BCUT2D eigenvalue weighted by Gasteiger charge is -2.08.